The minimum absolute atomic E-state index is 0.141. The molecule has 2 aromatic rings. The smallest absolute Gasteiger partial charge is 0.227 e. The van der Waals surface area contributed by atoms with Gasteiger partial charge in [0.2, 0.25) is 5.91 Å². The highest BCUT2D eigenvalue weighted by Crippen LogP contribution is 2.16. The van der Waals surface area contributed by atoms with Crippen molar-refractivity contribution in [1.82, 2.24) is 15.6 Å². The summed E-state index contributed by atoms with van der Waals surface area (Å²) in [4.78, 5) is 20.3. The standard InChI is InChI=1S/C20H26FN5O2/c1-14-7-6-10-18(25-14)26-19(27)11-12-23-20(22-3)24-13-15(2)28-17-9-5-4-8-16(17)21/h4-10,15H,11-13H2,1-3H3,(H2,22,23,24)(H,25,26,27). The molecule has 0 fully saturated rings. The number of aryl methyl sites for hydroxylation is 1. The topological polar surface area (TPSA) is 87.6 Å². The first-order valence-electron chi connectivity index (χ1n) is 9.07. The number of benzene rings is 1. The summed E-state index contributed by atoms with van der Waals surface area (Å²) in [7, 11) is 1.63. The molecular formula is C20H26FN5O2. The monoisotopic (exact) mass is 387 g/mol. The molecular weight excluding hydrogens is 361 g/mol. The lowest BCUT2D eigenvalue weighted by Crippen LogP contribution is -2.42. The number of hydrogen-bond donors (Lipinski definition) is 3. The number of halogens is 1. The van der Waals surface area contributed by atoms with Gasteiger partial charge in [0, 0.05) is 25.7 Å². The highest BCUT2D eigenvalue weighted by atomic mass is 19.1. The molecule has 150 valence electrons. The molecule has 1 heterocycles. The number of ether oxygens (including phenoxy) is 1. The summed E-state index contributed by atoms with van der Waals surface area (Å²) in [5.41, 5.74) is 0.840. The molecule has 1 unspecified atom stereocenters. The van der Waals surface area contributed by atoms with Crippen LogP contribution in [0.2, 0.25) is 0 Å². The minimum Gasteiger partial charge on any atom is -0.486 e. The normalized spacial score (nSPS) is 12.2. The molecule has 1 aromatic heterocycles. The maximum atomic E-state index is 13.6. The van der Waals surface area contributed by atoms with Gasteiger partial charge in [-0.3, -0.25) is 9.79 Å². The van der Waals surface area contributed by atoms with Crippen molar-refractivity contribution in [3.63, 3.8) is 0 Å². The van der Waals surface area contributed by atoms with E-state index in [1.807, 2.05) is 26.0 Å². The summed E-state index contributed by atoms with van der Waals surface area (Å²) in [6, 6.07) is 11.7. The van der Waals surface area contributed by atoms with Crippen molar-refractivity contribution in [2.45, 2.75) is 26.4 Å². The predicted octanol–water partition coefficient (Wildman–Crippen LogP) is 2.49. The first-order chi connectivity index (χ1) is 13.5. The molecule has 28 heavy (non-hydrogen) atoms. The fourth-order valence-corrected chi connectivity index (χ4v) is 2.37. The summed E-state index contributed by atoms with van der Waals surface area (Å²) in [6.45, 7) is 4.52. The van der Waals surface area contributed by atoms with Gasteiger partial charge in [0.25, 0.3) is 0 Å². The van der Waals surface area contributed by atoms with E-state index in [1.54, 1.807) is 31.3 Å². The fourth-order valence-electron chi connectivity index (χ4n) is 2.37. The third-order valence-electron chi connectivity index (χ3n) is 3.75. The first kappa shape index (κ1) is 21.1. The van der Waals surface area contributed by atoms with Gasteiger partial charge in [-0.15, -0.1) is 0 Å². The van der Waals surface area contributed by atoms with E-state index >= 15 is 0 Å². The number of nitrogens with zero attached hydrogens (tertiary/aromatic N) is 2. The average Bonchev–Trinajstić information content (AvgIpc) is 2.66. The molecule has 0 saturated carbocycles. The number of carbonyl (C=O) groups is 1. The maximum absolute atomic E-state index is 13.6. The number of nitrogens with one attached hydrogen (secondary N) is 3. The summed E-state index contributed by atoms with van der Waals surface area (Å²) in [5.74, 6) is 0.738. The van der Waals surface area contributed by atoms with E-state index in [0.29, 0.717) is 24.9 Å². The van der Waals surface area contributed by atoms with Crippen LogP contribution in [0.4, 0.5) is 10.2 Å². The molecule has 0 spiro atoms. The van der Waals surface area contributed by atoms with Crippen molar-refractivity contribution in [2.24, 2.45) is 4.99 Å². The van der Waals surface area contributed by atoms with Crippen LogP contribution in [0.3, 0.4) is 0 Å². The summed E-state index contributed by atoms with van der Waals surface area (Å²) in [6.07, 6.45) is -0.0106. The Morgan fingerprint density at radius 1 is 1.21 bits per heavy atom. The van der Waals surface area contributed by atoms with Crippen LogP contribution in [0.5, 0.6) is 5.75 Å². The van der Waals surface area contributed by atoms with Gasteiger partial charge in [-0.1, -0.05) is 18.2 Å². The molecule has 0 radical (unpaired) electrons. The molecule has 0 aliphatic heterocycles. The van der Waals surface area contributed by atoms with Crippen LogP contribution < -0.4 is 20.7 Å². The molecule has 8 heteroatoms. The number of anilines is 1. The van der Waals surface area contributed by atoms with E-state index in [4.69, 9.17) is 4.74 Å². The number of pyridine rings is 1. The lowest BCUT2D eigenvalue weighted by molar-refractivity contribution is -0.116. The number of aromatic nitrogens is 1. The lowest BCUT2D eigenvalue weighted by atomic mass is 10.3. The number of guanidine groups is 1. The van der Waals surface area contributed by atoms with E-state index in [1.165, 1.54) is 6.07 Å². The Bertz CT molecular complexity index is 813. The van der Waals surface area contributed by atoms with E-state index in [-0.39, 0.29) is 24.2 Å². The molecule has 0 saturated heterocycles. The summed E-state index contributed by atoms with van der Waals surface area (Å²) >= 11 is 0. The molecule has 1 aromatic carbocycles. The van der Waals surface area contributed by atoms with Gasteiger partial charge < -0.3 is 20.7 Å². The zero-order valence-corrected chi connectivity index (χ0v) is 16.3. The van der Waals surface area contributed by atoms with Crippen LogP contribution in [-0.4, -0.2) is 43.1 Å². The molecule has 0 aliphatic rings. The van der Waals surface area contributed by atoms with Crippen molar-refractivity contribution in [3.05, 3.63) is 54.0 Å². The molecule has 7 nitrogen and oxygen atoms in total. The second kappa shape index (κ2) is 10.9. The highest BCUT2D eigenvalue weighted by Gasteiger charge is 2.09. The Morgan fingerprint density at radius 2 is 2.00 bits per heavy atom. The number of rotatable bonds is 8. The average molecular weight is 387 g/mol. The third kappa shape index (κ3) is 7.22. The van der Waals surface area contributed by atoms with Crippen LogP contribution in [0.25, 0.3) is 0 Å². The Morgan fingerprint density at radius 3 is 2.71 bits per heavy atom. The summed E-state index contributed by atoms with van der Waals surface area (Å²) < 4.78 is 19.2. The van der Waals surface area contributed by atoms with Gasteiger partial charge in [0.05, 0.1) is 6.54 Å². The van der Waals surface area contributed by atoms with Gasteiger partial charge in [-0.2, -0.15) is 0 Å². The maximum Gasteiger partial charge on any atom is 0.227 e. The van der Waals surface area contributed by atoms with Gasteiger partial charge in [-0.25, -0.2) is 9.37 Å². The van der Waals surface area contributed by atoms with Gasteiger partial charge >= 0.3 is 0 Å². The lowest BCUT2D eigenvalue weighted by Gasteiger charge is -2.18. The van der Waals surface area contributed by atoms with E-state index in [2.05, 4.69) is 25.9 Å². The number of carbonyl (C=O) groups excluding carboxylic acids is 1. The number of aliphatic imine (C=N–C) groups is 1. The largest absolute Gasteiger partial charge is 0.486 e. The van der Waals surface area contributed by atoms with Gasteiger partial charge in [0.15, 0.2) is 17.5 Å². The first-order valence-corrected chi connectivity index (χ1v) is 9.07. The third-order valence-corrected chi connectivity index (χ3v) is 3.75. The van der Waals surface area contributed by atoms with E-state index in [0.717, 1.165) is 5.69 Å². The molecule has 1 atom stereocenters. The zero-order chi connectivity index (χ0) is 20.4. The fraction of sp³-hybridized carbons (Fsp3) is 0.350. The van der Waals surface area contributed by atoms with Crippen molar-refractivity contribution < 1.29 is 13.9 Å². The van der Waals surface area contributed by atoms with Crippen LogP contribution in [0.15, 0.2) is 47.5 Å². The minimum atomic E-state index is -0.397. The van der Waals surface area contributed by atoms with Crippen molar-refractivity contribution >= 4 is 17.7 Å². The molecule has 0 aliphatic carbocycles. The van der Waals surface area contributed by atoms with Gasteiger partial charge in [-0.05, 0) is 38.1 Å². The van der Waals surface area contributed by atoms with Crippen LogP contribution in [-0.2, 0) is 4.79 Å². The summed E-state index contributed by atoms with van der Waals surface area (Å²) in [5, 5.41) is 8.89. The number of para-hydroxylation sites is 1. The SMILES string of the molecule is CN=C(NCCC(=O)Nc1cccc(C)n1)NCC(C)Oc1ccccc1F. The van der Waals surface area contributed by atoms with Crippen molar-refractivity contribution in [1.29, 1.82) is 0 Å². The Labute approximate surface area is 164 Å². The van der Waals surface area contributed by atoms with Crippen LogP contribution >= 0.6 is 0 Å². The highest BCUT2D eigenvalue weighted by molar-refractivity contribution is 5.90. The second-order valence-corrected chi connectivity index (χ2v) is 6.20. The molecule has 1 amide bonds. The van der Waals surface area contributed by atoms with Crippen LogP contribution in [0.1, 0.15) is 19.0 Å². The van der Waals surface area contributed by atoms with E-state index < -0.39 is 5.82 Å². The zero-order valence-electron chi connectivity index (χ0n) is 16.3. The Hall–Kier alpha value is -3.16. The Kier molecular flexibility index (Phi) is 8.20. The Balaban J connectivity index is 1.69. The van der Waals surface area contributed by atoms with E-state index in [9.17, 15) is 9.18 Å². The molecule has 0 bridgehead atoms. The quantitative estimate of drug-likeness (QED) is 0.478. The number of hydrogen-bond acceptors (Lipinski definition) is 4. The predicted molar refractivity (Wildman–Crippen MR) is 108 cm³/mol. The second-order valence-electron chi connectivity index (χ2n) is 6.20. The van der Waals surface area contributed by atoms with Crippen molar-refractivity contribution in [3.8, 4) is 5.75 Å². The number of amides is 1. The van der Waals surface area contributed by atoms with Gasteiger partial charge in [0.1, 0.15) is 11.9 Å². The van der Waals surface area contributed by atoms with Crippen molar-refractivity contribution in [2.75, 3.05) is 25.5 Å². The van der Waals surface area contributed by atoms with Crippen LogP contribution in [0, 0.1) is 12.7 Å². The molecule has 2 rings (SSSR count). The molecule has 3 N–H and O–H groups in total.